The SMILES string of the molecule is CC(CN1CCOCC1)N(CC(=O)Nc1ccc(F)c(F)c1)Cc1ccccc1. The molecule has 1 saturated heterocycles. The molecule has 156 valence electrons. The highest BCUT2D eigenvalue weighted by Crippen LogP contribution is 2.15. The van der Waals surface area contributed by atoms with Crippen LogP contribution in [0.25, 0.3) is 0 Å². The van der Waals surface area contributed by atoms with Gasteiger partial charge in [-0.05, 0) is 24.6 Å². The molecule has 0 aliphatic carbocycles. The number of nitrogens with zero attached hydrogens (tertiary/aromatic N) is 2. The molecule has 1 N–H and O–H groups in total. The van der Waals surface area contributed by atoms with E-state index in [1.165, 1.54) is 6.07 Å². The smallest absolute Gasteiger partial charge is 0.238 e. The van der Waals surface area contributed by atoms with E-state index in [-0.39, 0.29) is 24.2 Å². The summed E-state index contributed by atoms with van der Waals surface area (Å²) >= 11 is 0. The number of halogens is 2. The largest absolute Gasteiger partial charge is 0.379 e. The highest BCUT2D eigenvalue weighted by Gasteiger charge is 2.21. The van der Waals surface area contributed by atoms with Crippen molar-refractivity contribution in [2.75, 3.05) is 44.7 Å². The number of ether oxygens (including phenoxy) is 1. The topological polar surface area (TPSA) is 44.8 Å². The minimum absolute atomic E-state index is 0.129. The van der Waals surface area contributed by atoms with Crippen molar-refractivity contribution in [3.63, 3.8) is 0 Å². The lowest BCUT2D eigenvalue weighted by Crippen LogP contribution is -2.47. The number of hydrogen-bond acceptors (Lipinski definition) is 4. The quantitative estimate of drug-likeness (QED) is 0.736. The number of amides is 1. The summed E-state index contributed by atoms with van der Waals surface area (Å²) in [6.45, 7) is 6.91. The van der Waals surface area contributed by atoms with E-state index in [4.69, 9.17) is 4.74 Å². The summed E-state index contributed by atoms with van der Waals surface area (Å²) in [5.74, 6) is -2.18. The lowest BCUT2D eigenvalue weighted by Gasteiger charge is -2.34. The van der Waals surface area contributed by atoms with Gasteiger partial charge in [-0.3, -0.25) is 14.6 Å². The Balaban J connectivity index is 1.65. The summed E-state index contributed by atoms with van der Waals surface area (Å²) < 4.78 is 31.9. The van der Waals surface area contributed by atoms with E-state index >= 15 is 0 Å². The molecular weight excluding hydrogens is 376 g/mol. The number of carbonyl (C=O) groups excluding carboxylic acids is 1. The number of benzene rings is 2. The highest BCUT2D eigenvalue weighted by atomic mass is 19.2. The van der Waals surface area contributed by atoms with Crippen LogP contribution in [0, 0.1) is 11.6 Å². The zero-order chi connectivity index (χ0) is 20.6. The van der Waals surface area contributed by atoms with Gasteiger partial charge in [-0.25, -0.2) is 8.78 Å². The van der Waals surface area contributed by atoms with Gasteiger partial charge in [0.15, 0.2) is 11.6 Å². The number of carbonyl (C=O) groups is 1. The fourth-order valence-corrected chi connectivity index (χ4v) is 3.42. The van der Waals surface area contributed by atoms with Crippen molar-refractivity contribution in [2.24, 2.45) is 0 Å². The Morgan fingerprint density at radius 3 is 2.55 bits per heavy atom. The molecule has 1 atom stereocenters. The average Bonchev–Trinajstić information content (AvgIpc) is 2.72. The Labute approximate surface area is 170 Å². The Morgan fingerprint density at radius 1 is 1.14 bits per heavy atom. The van der Waals surface area contributed by atoms with Gasteiger partial charge in [0.2, 0.25) is 5.91 Å². The summed E-state index contributed by atoms with van der Waals surface area (Å²) in [7, 11) is 0. The van der Waals surface area contributed by atoms with Crippen LogP contribution >= 0.6 is 0 Å². The van der Waals surface area contributed by atoms with Gasteiger partial charge >= 0.3 is 0 Å². The molecule has 2 aromatic carbocycles. The van der Waals surface area contributed by atoms with Crippen LogP contribution in [0.3, 0.4) is 0 Å². The lowest BCUT2D eigenvalue weighted by molar-refractivity contribution is -0.118. The average molecular weight is 403 g/mol. The maximum absolute atomic E-state index is 13.4. The summed E-state index contributed by atoms with van der Waals surface area (Å²) in [6.07, 6.45) is 0. The molecule has 0 aromatic heterocycles. The van der Waals surface area contributed by atoms with Crippen LogP contribution in [0.5, 0.6) is 0 Å². The number of hydrogen-bond donors (Lipinski definition) is 1. The van der Waals surface area contributed by atoms with Crippen molar-refractivity contribution >= 4 is 11.6 Å². The van der Waals surface area contributed by atoms with E-state index in [1.807, 2.05) is 30.3 Å². The summed E-state index contributed by atoms with van der Waals surface area (Å²) in [4.78, 5) is 17.0. The summed E-state index contributed by atoms with van der Waals surface area (Å²) in [5.41, 5.74) is 1.36. The number of rotatable bonds is 8. The molecule has 1 aliphatic rings. The van der Waals surface area contributed by atoms with Gasteiger partial charge in [-0.15, -0.1) is 0 Å². The zero-order valence-corrected chi connectivity index (χ0v) is 16.6. The standard InChI is InChI=1S/C22H27F2N3O2/c1-17(14-26-9-11-29-12-10-26)27(15-18-5-3-2-4-6-18)16-22(28)25-19-7-8-20(23)21(24)13-19/h2-8,13,17H,9-12,14-16H2,1H3,(H,25,28). The van der Waals surface area contributed by atoms with Gasteiger partial charge in [0.05, 0.1) is 19.8 Å². The molecule has 0 saturated carbocycles. The monoisotopic (exact) mass is 403 g/mol. The molecule has 2 aromatic rings. The van der Waals surface area contributed by atoms with Crippen molar-refractivity contribution in [3.05, 3.63) is 65.7 Å². The van der Waals surface area contributed by atoms with Gasteiger partial charge < -0.3 is 10.1 Å². The zero-order valence-electron chi connectivity index (χ0n) is 16.6. The van der Waals surface area contributed by atoms with Gasteiger partial charge in [0.25, 0.3) is 0 Å². The van der Waals surface area contributed by atoms with Gasteiger partial charge in [-0.2, -0.15) is 0 Å². The fourth-order valence-electron chi connectivity index (χ4n) is 3.42. The lowest BCUT2D eigenvalue weighted by atomic mass is 10.1. The summed E-state index contributed by atoms with van der Waals surface area (Å²) in [6, 6.07) is 13.5. The molecule has 1 aliphatic heterocycles. The number of anilines is 1. The highest BCUT2D eigenvalue weighted by molar-refractivity contribution is 5.92. The number of morpholine rings is 1. The molecule has 1 heterocycles. The molecule has 5 nitrogen and oxygen atoms in total. The van der Waals surface area contributed by atoms with Crippen molar-refractivity contribution < 1.29 is 18.3 Å². The predicted molar refractivity (Wildman–Crippen MR) is 109 cm³/mol. The third-order valence-electron chi connectivity index (χ3n) is 5.03. The molecule has 3 rings (SSSR count). The Kier molecular flexibility index (Phi) is 7.69. The van der Waals surface area contributed by atoms with Gasteiger partial charge in [0.1, 0.15) is 0 Å². The van der Waals surface area contributed by atoms with E-state index in [0.717, 1.165) is 50.5 Å². The number of nitrogens with one attached hydrogen (secondary N) is 1. The molecule has 29 heavy (non-hydrogen) atoms. The van der Waals surface area contributed by atoms with Gasteiger partial charge in [0, 0.05) is 44.0 Å². The van der Waals surface area contributed by atoms with Crippen molar-refractivity contribution in [2.45, 2.75) is 19.5 Å². The Bertz CT molecular complexity index is 798. The molecule has 1 unspecified atom stereocenters. The second kappa shape index (κ2) is 10.4. The van der Waals surface area contributed by atoms with Crippen LogP contribution in [0.4, 0.5) is 14.5 Å². The first-order valence-corrected chi connectivity index (χ1v) is 9.84. The van der Waals surface area contributed by atoms with E-state index < -0.39 is 11.6 Å². The van der Waals surface area contributed by atoms with E-state index in [2.05, 4.69) is 22.0 Å². The van der Waals surface area contributed by atoms with Crippen LogP contribution in [0.1, 0.15) is 12.5 Å². The predicted octanol–water partition coefficient (Wildman–Crippen LogP) is 3.13. The fraction of sp³-hybridized carbons (Fsp3) is 0.409. The molecule has 1 fully saturated rings. The molecule has 7 heteroatoms. The van der Waals surface area contributed by atoms with Crippen LogP contribution in [0.2, 0.25) is 0 Å². The van der Waals surface area contributed by atoms with Crippen molar-refractivity contribution in [1.29, 1.82) is 0 Å². The van der Waals surface area contributed by atoms with E-state index in [9.17, 15) is 13.6 Å². The summed E-state index contributed by atoms with van der Waals surface area (Å²) in [5, 5.41) is 2.66. The van der Waals surface area contributed by atoms with E-state index in [1.54, 1.807) is 0 Å². The maximum atomic E-state index is 13.4. The molecular formula is C22H27F2N3O2. The van der Waals surface area contributed by atoms with Crippen LogP contribution in [-0.2, 0) is 16.1 Å². The molecule has 1 amide bonds. The second-order valence-corrected chi connectivity index (χ2v) is 7.33. The van der Waals surface area contributed by atoms with Crippen LogP contribution in [-0.4, -0.2) is 61.1 Å². The Morgan fingerprint density at radius 2 is 1.86 bits per heavy atom. The maximum Gasteiger partial charge on any atom is 0.238 e. The first-order valence-electron chi connectivity index (χ1n) is 9.84. The van der Waals surface area contributed by atoms with Crippen LogP contribution < -0.4 is 5.32 Å². The third-order valence-corrected chi connectivity index (χ3v) is 5.03. The normalized spacial score (nSPS) is 16.0. The third kappa shape index (κ3) is 6.59. The van der Waals surface area contributed by atoms with Crippen LogP contribution in [0.15, 0.2) is 48.5 Å². The Hall–Kier alpha value is -2.35. The first kappa shape index (κ1) is 21.4. The van der Waals surface area contributed by atoms with Gasteiger partial charge in [-0.1, -0.05) is 30.3 Å². The van der Waals surface area contributed by atoms with Crippen molar-refractivity contribution in [1.82, 2.24) is 9.80 Å². The minimum atomic E-state index is -0.982. The van der Waals surface area contributed by atoms with Crippen molar-refractivity contribution in [3.8, 4) is 0 Å². The molecule has 0 bridgehead atoms. The minimum Gasteiger partial charge on any atom is -0.379 e. The van der Waals surface area contributed by atoms with E-state index in [0.29, 0.717) is 6.54 Å². The second-order valence-electron chi connectivity index (χ2n) is 7.33. The molecule has 0 spiro atoms. The first-order chi connectivity index (χ1) is 14.0. The molecule has 0 radical (unpaired) electrons.